The summed E-state index contributed by atoms with van der Waals surface area (Å²) < 4.78 is 6.25. The van der Waals surface area contributed by atoms with Gasteiger partial charge >= 0.3 is 0 Å². The number of rotatable bonds is 4. The van der Waals surface area contributed by atoms with E-state index in [4.69, 9.17) is 10.5 Å². The highest BCUT2D eigenvalue weighted by Gasteiger charge is 2.06. The number of hydroxylamine groups is 1. The first-order valence-corrected chi connectivity index (χ1v) is 8.61. The van der Waals surface area contributed by atoms with Crippen molar-refractivity contribution in [1.29, 1.82) is 0 Å². The number of anilines is 1. The number of benzene rings is 2. The first kappa shape index (κ1) is 18.7. The van der Waals surface area contributed by atoms with E-state index in [0.29, 0.717) is 0 Å². The summed E-state index contributed by atoms with van der Waals surface area (Å²) in [6, 6.07) is 17.0. The molecule has 3 N–H and O–H groups in total. The maximum absolute atomic E-state index is 9.99. The Bertz CT molecular complexity index is 725. The predicted molar refractivity (Wildman–Crippen MR) is 104 cm³/mol. The molecule has 0 aliphatic heterocycles. The Morgan fingerprint density at radius 3 is 2.36 bits per heavy atom. The number of ether oxygens (including phenoxy) is 1. The standard InChI is InChI=1S/C14H15NO2S.C6H7N/c1-17-13-8-10-14(11-9-13)18-15(16)12-6-4-2-3-5-7-12;7-6-4-2-1-3-5-6/h2,4-11,16H,3H2,1H3;1-5H,7H2. The molecular weight excluding hydrogens is 332 g/mol. The zero-order valence-corrected chi connectivity index (χ0v) is 14.9. The number of nitrogen functional groups attached to an aromatic ring is 1. The summed E-state index contributed by atoms with van der Waals surface area (Å²) >= 11 is 1.26. The lowest BCUT2D eigenvalue weighted by atomic mass is 10.3. The number of nitrogens with zero attached hydrogens (tertiary/aromatic N) is 1. The minimum atomic E-state index is 0.754. The first-order chi connectivity index (χ1) is 12.2. The molecule has 1 aliphatic rings. The molecule has 2 aromatic rings. The second kappa shape index (κ2) is 10.3. The maximum atomic E-state index is 9.99. The van der Waals surface area contributed by atoms with Crippen molar-refractivity contribution in [1.82, 2.24) is 4.47 Å². The van der Waals surface area contributed by atoms with Gasteiger partial charge in [0, 0.05) is 22.5 Å². The maximum Gasteiger partial charge on any atom is 0.118 e. The van der Waals surface area contributed by atoms with Crippen LogP contribution in [0, 0.1) is 0 Å². The highest BCUT2D eigenvalue weighted by molar-refractivity contribution is 7.97. The average molecular weight is 354 g/mol. The molecule has 0 spiro atoms. The molecule has 0 saturated heterocycles. The third-order valence-electron chi connectivity index (χ3n) is 3.24. The molecule has 0 amide bonds. The van der Waals surface area contributed by atoms with Crippen LogP contribution in [0.3, 0.4) is 0 Å². The first-order valence-electron chi connectivity index (χ1n) is 7.84. The number of nitrogens with two attached hydrogens (primary N) is 1. The molecule has 130 valence electrons. The molecule has 25 heavy (non-hydrogen) atoms. The number of methoxy groups -OCH3 is 1. The van der Waals surface area contributed by atoms with Gasteiger partial charge in [0.25, 0.3) is 0 Å². The normalized spacial score (nSPS) is 12.5. The van der Waals surface area contributed by atoms with E-state index >= 15 is 0 Å². The van der Waals surface area contributed by atoms with E-state index < -0.39 is 0 Å². The number of allylic oxidation sites excluding steroid dienone is 5. The van der Waals surface area contributed by atoms with Crippen LogP contribution in [0.25, 0.3) is 0 Å². The second-order valence-corrected chi connectivity index (χ2v) is 6.11. The van der Waals surface area contributed by atoms with E-state index in [-0.39, 0.29) is 0 Å². The van der Waals surface area contributed by atoms with Crippen LogP contribution in [0.5, 0.6) is 5.75 Å². The van der Waals surface area contributed by atoms with Crippen molar-refractivity contribution in [2.75, 3.05) is 12.8 Å². The summed E-state index contributed by atoms with van der Waals surface area (Å²) in [5.74, 6) is 0.806. The molecule has 1 aliphatic carbocycles. The molecule has 0 atom stereocenters. The molecule has 0 aromatic heterocycles. The van der Waals surface area contributed by atoms with Crippen molar-refractivity contribution < 1.29 is 9.94 Å². The van der Waals surface area contributed by atoms with Gasteiger partial charge in [0.15, 0.2) is 0 Å². The molecule has 0 saturated carbocycles. The van der Waals surface area contributed by atoms with Crippen LogP contribution < -0.4 is 10.5 Å². The van der Waals surface area contributed by atoms with E-state index in [1.807, 2.05) is 85.0 Å². The Balaban J connectivity index is 0.000000269. The molecule has 0 unspecified atom stereocenters. The fourth-order valence-electron chi connectivity index (χ4n) is 1.94. The van der Waals surface area contributed by atoms with Crippen molar-refractivity contribution in [2.45, 2.75) is 11.3 Å². The molecule has 0 heterocycles. The molecule has 3 rings (SSSR count). The van der Waals surface area contributed by atoms with Gasteiger partial charge in [0.2, 0.25) is 0 Å². The Hall–Kier alpha value is -2.63. The minimum absolute atomic E-state index is 0.754. The fraction of sp³-hybridized carbons (Fsp3) is 0.100. The van der Waals surface area contributed by atoms with Crippen molar-refractivity contribution in [3.63, 3.8) is 0 Å². The van der Waals surface area contributed by atoms with Crippen molar-refractivity contribution >= 4 is 17.6 Å². The van der Waals surface area contributed by atoms with Crippen molar-refractivity contribution in [2.24, 2.45) is 0 Å². The van der Waals surface area contributed by atoms with E-state index in [2.05, 4.69) is 0 Å². The summed E-state index contributed by atoms with van der Waals surface area (Å²) in [5.41, 5.74) is 6.93. The molecule has 2 aromatic carbocycles. The molecule has 0 bridgehead atoms. The zero-order chi connectivity index (χ0) is 17.9. The highest BCUT2D eigenvalue weighted by Crippen LogP contribution is 2.27. The van der Waals surface area contributed by atoms with Gasteiger partial charge in [-0.1, -0.05) is 36.4 Å². The lowest BCUT2D eigenvalue weighted by Crippen LogP contribution is -2.07. The number of hydrogen-bond acceptors (Lipinski definition) is 5. The second-order valence-electron chi connectivity index (χ2n) is 5.11. The van der Waals surface area contributed by atoms with E-state index in [1.54, 1.807) is 7.11 Å². The monoisotopic (exact) mass is 354 g/mol. The predicted octanol–water partition coefficient (Wildman–Crippen LogP) is 5.06. The third-order valence-corrected chi connectivity index (χ3v) is 4.10. The molecule has 0 radical (unpaired) electrons. The summed E-state index contributed by atoms with van der Waals surface area (Å²) in [4.78, 5) is 0.945. The van der Waals surface area contributed by atoms with E-state index in [9.17, 15) is 5.21 Å². The topological polar surface area (TPSA) is 58.7 Å². The summed E-state index contributed by atoms with van der Waals surface area (Å²) in [6.07, 6.45) is 10.6. The molecule has 0 fully saturated rings. The molecular formula is C20H22N2O2S. The van der Waals surface area contributed by atoms with Crippen LogP contribution in [-0.2, 0) is 0 Å². The van der Waals surface area contributed by atoms with E-state index in [1.165, 1.54) is 11.9 Å². The SMILES string of the molecule is COc1ccc(SN(O)C2=CC=CCC=C2)cc1.Nc1ccccc1. The van der Waals surface area contributed by atoms with Gasteiger partial charge in [0.1, 0.15) is 5.75 Å². The quantitative estimate of drug-likeness (QED) is 0.456. The largest absolute Gasteiger partial charge is 0.497 e. The van der Waals surface area contributed by atoms with Crippen LogP contribution in [-0.4, -0.2) is 16.8 Å². The number of hydrogen-bond donors (Lipinski definition) is 2. The smallest absolute Gasteiger partial charge is 0.118 e. The van der Waals surface area contributed by atoms with Crippen LogP contribution in [0.15, 0.2) is 95.6 Å². The number of para-hydroxylation sites is 1. The zero-order valence-electron chi connectivity index (χ0n) is 14.1. The molecule has 4 nitrogen and oxygen atoms in total. The average Bonchev–Trinajstić information content (AvgIpc) is 2.93. The van der Waals surface area contributed by atoms with Gasteiger partial charge in [0.05, 0.1) is 12.8 Å². The molecule has 5 heteroatoms. The Morgan fingerprint density at radius 1 is 1.04 bits per heavy atom. The Morgan fingerprint density at radius 2 is 1.76 bits per heavy atom. The Labute approximate surface area is 153 Å². The van der Waals surface area contributed by atoms with Crippen molar-refractivity contribution in [3.8, 4) is 5.75 Å². The van der Waals surface area contributed by atoms with Gasteiger partial charge in [-0.2, -0.15) is 4.47 Å². The lowest BCUT2D eigenvalue weighted by molar-refractivity contribution is 0.0583. The highest BCUT2D eigenvalue weighted by atomic mass is 32.2. The van der Waals surface area contributed by atoms with Gasteiger partial charge in [-0.3, -0.25) is 5.21 Å². The van der Waals surface area contributed by atoms with Crippen LogP contribution in [0.4, 0.5) is 5.69 Å². The minimum Gasteiger partial charge on any atom is -0.497 e. The van der Waals surface area contributed by atoms with Gasteiger partial charge < -0.3 is 10.5 Å². The van der Waals surface area contributed by atoms with Crippen LogP contribution in [0.2, 0.25) is 0 Å². The van der Waals surface area contributed by atoms with Crippen LogP contribution >= 0.6 is 11.9 Å². The van der Waals surface area contributed by atoms with Gasteiger partial charge in [-0.25, -0.2) is 0 Å². The summed E-state index contributed by atoms with van der Waals surface area (Å²) in [7, 11) is 1.63. The van der Waals surface area contributed by atoms with Gasteiger partial charge in [-0.05, 0) is 55.0 Å². The van der Waals surface area contributed by atoms with Crippen LogP contribution in [0.1, 0.15) is 6.42 Å². The Kier molecular flexibility index (Phi) is 7.69. The summed E-state index contributed by atoms with van der Waals surface area (Å²) in [5, 5.41) is 9.99. The summed E-state index contributed by atoms with van der Waals surface area (Å²) in [6.45, 7) is 0. The fourth-order valence-corrected chi connectivity index (χ4v) is 2.62. The van der Waals surface area contributed by atoms with Gasteiger partial charge in [-0.15, -0.1) is 0 Å². The van der Waals surface area contributed by atoms with Crippen molar-refractivity contribution in [3.05, 3.63) is 90.7 Å². The lowest BCUT2D eigenvalue weighted by Gasteiger charge is -2.15. The third kappa shape index (κ3) is 6.79. The van der Waals surface area contributed by atoms with E-state index in [0.717, 1.165) is 32.9 Å².